The molecule has 2 N–H and O–H groups in total. The Balaban J connectivity index is 2.10. The van der Waals surface area contributed by atoms with E-state index in [2.05, 4.69) is 20.3 Å². The van der Waals surface area contributed by atoms with Crippen molar-refractivity contribution in [3.05, 3.63) is 52.6 Å². The zero-order valence-electron chi connectivity index (χ0n) is 8.97. The smallest absolute Gasteiger partial charge is 0.276 e. The molecule has 1 aromatic heterocycles. The number of hydrogen-bond acceptors (Lipinski definition) is 4. The van der Waals surface area contributed by atoms with Gasteiger partial charge in [-0.1, -0.05) is 30.3 Å². The number of benzene rings is 1. The van der Waals surface area contributed by atoms with E-state index in [-0.39, 0.29) is 5.56 Å². The van der Waals surface area contributed by atoms with Gasteiger partial charge in [-0.05, 0) is 5.56 Å². The maximum atomic E-state index is 11.5. The number of rotatable bonds is 1. The number of anilines is 1. The first-order chi connectivity index (χ1) is 8.34. The lowest BCUT2D eigenvalue weighted by Crippen LogP contribution is -2.24. The molecular weight excluding hydrogens is 216 g/mol. The largest absolute Gasteiger partial charge is 0.372 e. The van der Waals surface area contributed by atoms with Crippen LogP contribution in [0.2, 0.25) is 0 Å². The van der Waals surface area contributed by atoms with Gasteiger partial charge in [0.1, 0.15) is 5.69 Å². The predicted octanol–water partition coefficient (Wildman–Crippen LogP) is 1.32. The molecule has 1 aliphatic rings. The van der Waals surface area contributed by atoms with Crippen LogP contribution in [-0.4, -0.2) is 22.2 Å². The van der Waals surface area contributed by atoms with E-state index in [1.807, 2.05) is 30.3 Å². The monoisotopic (exact) mass is 226 g/mol. The summed E-state index contributed by atoms with van der Waals surface area (Å²) in [7, 11) is 0. The van der Waals surface area contributed by atoms with Crippen molar-refractivity contribution in [1.82, 2.24) is 9.97 Å². The minimum atomic E-state index is -0.189. The molecule has 5 heteroatoms. The molecule has 5 nitrogen and oxygen atoms in total. The molecular formula is C12H10N4O. The minimum Gasteiger partial charge on any atom is -0.372 e. The van der Waals surface area contributed by atoms with Crippen molar-refractivity contribution in [1.29, 1.82) is 0 Å². The van der Waals surface area contributed by atoms with E-state index in [4.69, 9.17) is 0 Å². The molecule has 0 aliphatic carbocycles. The van der Waals surface area contributed by atoms with Crippen LogP contribution in [0.25, 0.3) is 0 Å². The van der Waals surface area contributed by atoms with E-state index in [0.29, 0.717) is 18.1 Å². The zero-order chi connectivity index (χ0) is 11.7. The molecule has 0 amide bonds. The second-order valence-electron chi connectivity index (χ2n) is 3.71. The lowest BCUT2D eigenvalue weighted by molar-refractivity contribution is 1.08. The SMILES string of the molecule is O=c1[nH]cnc2c1NCC(c1ccccc1)=N2. The number of hydrogen-bond donors (Lipinski definition) is 2. The third kappa shape index (κ3) is 1.71. The second-order valence-corrected chi connectivity index (χ2v) is 3.71. The number of nitrogens with one attached hydrogen (secondary N) is 2. The Kier molecular flexibility index (Phi) is 2.22. The van der Waals surface area contributed by atoms with E-state index < -0.39 is 0 Å². The van der Waals surface area contributed by atoms with Crippen LogP contribution in [0.15, 0.2) is 46.4 Å². The number of nitrogens with zero attached hydrogens (tertiary/aromatic N) is 2. The molecule has 0 saturated heterocycles. The van der Waals surface area contributed by atoms with Crippen LogP contribution in [0.5, 0.6) is 0 Å². The molecule has 1 aromatic carbocycles. The zero-order valence-corrected chi connectivity index (χ0v) is 8.97. The van der Waals surface area contributed by atoms with Crippen molar-refractivity contribution in [2.24, 2.45) is 4.99 Å². The van der Waals surface area contributed by atoms with E-state index in [1.54, 1.807) is 0 Å². The van der Waals surface area contributed by atoms with Crippen molar-refractivity contribution < 1.29 is 0 Å². The summed E-state index contributed by atoms with van der Waals surface area (Å²) in [6, 6.07) is 9.84. The molecule has 0 bridgehead atoms. The summed E-state index contributed by atoms with van der Waals surface area (Å²) in [4.78, 5) is 22.4. The van der Waals surface area contributed by atoms with Gasteiger partial charge in [0.15, 0.2) is 5.82 Å². The normalized spacial score (nSPS) is 13.5. The molecule has 84 valence electrons. The molecule has 0 radical (unpaired) electrons. The average Bonchev–Trinajstić information content (AvgIpc) is 2.40. The minimum absolute atomic E-state index is 0.189. The standard InChI is InChI=1S/C12H10N4O/c17-12-10-11(14-7-15-12)16-9(6-13-10)8-4-2-1-3-5-8/h1-5,7,13H,6H2,(H,14,15,17). The summed E-state index contributed by atoms with van der Waals surface area (Å²) in [5, 5.41) is 3.04. The van der Waals surface area contributed by atoms with Gasteiger partial charge in [-0.25, -0.2) is 9.98 Å². The van der Waals surface area contributed by atoms with Crippen molar-refractivity contribution in [3.63, 3.8) is 0 Å². The summed E-state index contributed by atoms with van der Waals surface area (Å²) >= 11 is 0. The Morgan fingerprint density at radius 3 is 2.82 bits per heavy atom. The maximum Gasteiger partial charge on any atom is 0.276 e. The molecule has 0 unspecified atom stereocenters. The third-order valence-corrected chi connectivity index (χ3v) is 2.61. The average molecular weight is 226 g/mol. The van der Waals surface area contributed by atoms with Crippen LogP contribution < -0.4 is 10.9 Å². The van der Waals surface area contributed by atoms with Gasteiger partial charge in [0.25, 0.3) is 5.56 Å². The number of aromatic nitrogens is 2. The second kappa shape index (κ2) is 3.86. The van der Waals surface area contributed by atoms with Gasteiger partial charge in [-0.2, -0.15) is 0 Å². The number of aromatic amines is 1. The summed E-state index contributed by atoms with van der Waals surface area (Å²) in [6.07, 6.45) is 1.36. The van der Waals surface area contributed by atoms with E-state index in [0.717, 1.165) is 11.3 Å². The van der Waals surface area contributed by atoms with Crippen LogP contribution in [-0.2, 0) is 0 Å². The Labute approximate surface area is 97.3 Å². The molecule has 0 saturated carbocycles. The molecule has 0 spiro atoms. The lowest BCUT2D eigenvalue weighted by atomic mass is 10.1. The Morgan fingerprint density at radius 1 is 1.18 bits per heavy atom. The summed E-state index contributed by atoms with van der Waals surface area (Å²) in [5.41, 5.74) is 2.17. The van der Waals surface area contributed by atoms with E-state index in [9.17, 15) is 4.79 Å². The van der Waals surface area contributed by atoms with Crippen molar-refractivity contribution in [2.45, 2.75) is 0 Å². The van der Waals surface area contributed by atoms with Crippen LogP contribution >= 0.6 is 0 Å². The van der Waals surface area contributed by atoms with Crippen molar-refractivity contribution in [2.75, 3.05) is 11.9 Å². The highest BCUT2D eigenvalue weighted by atomic mass is 16.1. The lowest BCUT2D eigenvalue weighted by Gasteiger charge is -2.15. The summed E-state index contributed by atoms with van der Waals surface area (Å²) in [6.45, 7) is 0.534. The highest BCUT2D eigenvalue weighted by molar-refractivity contribution is 6.06. The van der Waals surface area contributed by atoms with Gasteiger partial charge in [0.05, 0.1) is 18.6 Å². The molecule has 0 fully saturated rings. The highest BCUT2D eigenvalue weighted by Gasteiger charge is 2.15. The molecule has 17 heavy (non-hydrogen) atoms. The maximum absolute atomic E-state index is 11.5. The molecule has 3 rings (SSSR count). The van der Waals surface area contributed by atoms with Gasteiger partial charge in [0, 0.05) is 0 Å². The quantitative estimate of drug-likeness (QED) is 0.770. The molecule has 2 aromatic rings. The van der Waals surface area contributed by atoms with E-state index >= 15 is 0 Å². The predicted molar refractivity (Wildman–Crippen MR) is 66.0 cm³/mol. The first kappa shape index (κ1) is 9.77. The van der Waals surface area contributed by atoms with Gasteiger partial charge >= 0.3 is 0 Å². The molecule has 2 heterocycles. The first-order valence-electron chi connectivity index (χ1n) is 5.29. The third-order valence-electron chi connectivity index (χ3n) is 2.61. The fraction of sp³-hybridized carbons (Fsp3) is 0.0833. The van der Waals surface area contributed by atoms with Gasteiger partial charge in [-0.15, -0.1) is 0 Å². The Hall–Kier alpha value is -2.43. The van der Waals surface area contributed by atoms with Gasteiger partial charge < -0.3 is 10.3 Å². The first-order valence-corrected chi connectivity index (χ1v) is 5.29. The number of H-pyrrole nitrogens is 1. The number of fused-ring (bicyclic) bond motifs is 1. The van der Waals surface area contributed by atoms with E-state index in [1.165, 1.54) is 6.33 Å². The fourth-order valence-corrected chi connectivity index (χ4v) is 1.77. The van der Waals surface area contributed by atoms with Crippen LogP contribution in [0, 0.1) is 0 Å². The summed E-state index contributed by atoms with van der Waals surface area (Å²) in [5.74, 6) is 0.443. The van der Waals surface area contributed by atoms with Crippen molar-refractivity contribution >= 4 is 17.2 Å². The molecule has 1 aliphatic heterocycles. The fourth-order valence-electron chi connectivity index (χ4n) is 1.77. The van der Waals surface area contributed by atoms with Crippen LogP contribution in [0.4, 0.5) is 11.5 Å². The van der Waals surface area contributed by atoms with Crippen LogP contribution in [0.1, 0.15) is 5.56 Å². The van der Waals surface area contributed by atoms with Crippen molar-refractivity contribution in [3.8, 4) is 0 Å². The van der Waals surface area contributed by atoms with Gasteiger partial charge in [0.2, 0.25) is 0 Å². The highest BCUT2D eigenvalue weighted by Crippen LogP contribution is 2.21. The summed E-state index contributed by atoms with van der Waals surface area (Å²) < 4.78 is 0. The van der Waals surface area contributed by atoms with Crippen LogP contribution in [0.3, 0.4) is 0 Å². The number of aliphatic imine (C=N–C) groups is 1. The Bertz CT molecular complexity index is 630. The Morgan fingerprint density at radius 2 is 2.00 bits per heavy atom. The van der Waals surface area contributed by atoms with Gasteiger partial charge in [-0.3, -0.25) is 4.79 Å². The molecule has 0 atom stereocenters. The topological polar surface area (TPSA) is 70.1 Å².